The number of hydrogen-bond donors (Lipinski definition) is 1. The Hall–Kier alpha value is -2.62. The van der Waals surface area contributed by atoms with Gasteiger partial charge in [0.2, 0.25) is 21.8 Å². The van der Waals surface area contributed by atoms with Crippen molar-refractivity contribution in [3.05, 3.63) is 64.7 Å². The van der Waals surface area contributed by atoms with E-state index in [1.165, 1.54) is 4.90 Å². The Morgan fingerprint density at radius 2 is 1.72 bits per heavy atom. The summed E-state index contributed by atoms with van der Waals surface area (Å²) in [6.45, 7) is 1.51. The lowest BCUT2D eigenvalue weighted by atomic mass is 9.94. The SMILES string of the molecule is COc1ccc(CN2C(=O)CN(S(C)(=O)=O)CC2(C)C(=O)NCc2ccc(Cl)cc2)cc1. The summed E-state index contributed by atoms with van der Waals surface area (Å²) < 4.78 is 30.6. The second kappa shape index (κ2) is 9.48. The molecule has 1 aliphatic rings. The van der Waals surface area contributed by atoms with Crippen LogP contribution in [0.2, 0.25) is 5.02 Å². The second-order valence-corrected chi connectivity index (χ2v) is 10.4. The van der Waals surface area contributed by atoms with Crippen LogP contribution in [0, 0.1) is 0 Å². The Balaban J connectivity index is 1.86. The molecule has 2 amide bonds. The van der Waals surface area contributed by atoms with Gasteiger partial charge in [-0.3, -0.25) is 9.59 Å². The number of carbonyl (C=O) groups is 2. The third-order valence-corrected chi connectivity index (χ3v) is 6.97. The van der Waals surface area contributed by atoms with Crippen LogP contribution in [-0.2, 0) is 32.7 Å². The number of hydrogen-bond acceptors (Lipinski definition) is 5. The van der Waals surface area contributed by atoms with Crippen LogP contribution in [0.4, 0.5) is 0 Å². The Bertz CT molecular complexity index is 1090. The van der Waals surface area contributed by atoms with Crippen molar-refractivity contribution in [2.75, 3.05) is 26.5 Å². The third kappa shape index (κ3) is 5.40. The number of methoxy groups -OCH3 is 1. The summed E-state index contributed by atoms with van der Waals surface area (Å²) in [5, 5.41) is 3.42. The number of halogens is 1. The van der Waals surface area contributed by atoms with Crippen molar-refractivity contribution >= 4 is 33.4 Å². The van der Waals surface area contributed by atoms with Gasteiger partial charge >= 0.3 is 0 Å². The lowest BCUT2D eigenvalue weighted by molar-refractivity contribution is -0.153. The minimum Gasteiger partial charge on any atom is -0.497 e. The largest absolute Gasteiger partial charge is 0.497 e. The van der Waals surface area contributed by atoms with Gasteiger partial charge in [0.15, 0.2) is 0 Å². The van der Waals surface area contributed by atoms with Crippen molar-refractivity contribution in [1.29, 1.82) is 0 Å². The molecule has 1 heterocycles. The predicted molar refractivity (Wildman–Crippen MR) is 122 cm³/mol. The van der Waals surface area contributed by atoms with E-state index in [-0.39, 0.29) is 26.2 Å². The number of ether oxygens (including phenoxy) is 1. The van der Waals surface area contributed by atoms with Crippen LogP contribution in [0.5, 0.6) is 5.75 Å². The number of piperazine rings is 1. The zero-order valence-corrected chi connectivity index (χ0v) is 19.7. The van der Waals surface area contributed by atoms with E-state index in [0.717, 1.165) is 21.7 Å². The monoisotopic (exact) mass is 479 g/mol. The molecule has 0 saturated carbocycles. The van der Waals surface area contributed by atoms with Crippen LogP contribution in [0.25, 0.3) is 0 Å². The summed E-state index contributed by atoms with van der Waals surface area (Å²) in [5.41, 5.74) is 0.226. The van der Waals surface area contributed by atoms with Crippen LogP contribution in [0.15, 0.2) is 48.5 Å². The summed E-state index contributed by atoms with van der Waals surface area (Å²) in [7, 11) is -2.11. The molecule has 0 spiro atoms. The highest BCUT2D eigenvalue weighted by atomic mass is 35.5. The number of nitrogens with zero attached hydrogens (tertiary/aromatic N) is 2. The maximum Gasteiger partial charge on any atom is 0.247 e. The maximum atomic E-state index is 13.3. The van der Waals surface area contributed by atoms with Gasteiger partial charge in [0.25, 0.3) is 0 Å². The first-order chi connectivity index (χ1) is 15.0. The number of carbonyl (C=O) groups excluding carboxylic acids is 2. The van der Waals surface area contributed by atoms with Crippen molar-refractivity contribution in [3.63, 3.8) is 0 Å². The number of sulfonamides is 1. The van der Waals surface area contributed by atoms with Crippen molar-refractivity contribution in [3.8, 4) is 5.75 Å². The normalized spacial score (nSPS) is 19.6. The fourth-order valence-corrected chi connectivity index (χ4v) is 4.53. The van der Waals surface area contributed by atoms with Gasteiger partial charge in [-0.1, -0.05) is 35.9 Å². The van der Waals surface area contributed by atoms with Crippen LogP contribution < -0.4 is 10.1 Å². The molecule has 0 aliphatic carbocycles. The van der Waals surface area contributed by atoms with Gasteiger partial charge in [0.1, 0.15) is 11.3 Å². The van der Waals surface area contributed by atoms with E-state index < -0.39 is 27.4 Å². The molecule has 1 N–H and O–H groups in total. The molecule has 2 aromatic carbocycles. The highest BCUT2D eigenvalue weighted by molar-refractivity contribution is 7.88. The standard InChI is InChI=1S/C22H26ClN3O5S/c1-22(21(28)24-12-16-4-8-18(23)9-5-16)15-25(32(3,29)30)14-20(27)26(22)13-17-6-10-19(31-2)11-7-17/h4-11H,12-15H2,1-3H3,(H,24,28). The first kappa shape index (κ1) is 24.0. The van der Waals surface area contributed by atoms with Crippen LogP contribution in [0.3, 0.4) is 0 Å². The molecule has 0 radical (unpaired) electrons. The van der Waals surface area contributed by atoms with Crippen molar-refractivity contribution in [2.45, 2.75) is 25.6 Å². The van der Waals surface area contributed by atoms with Gasteiger partial charge in [0.05, 0.1) is 19.9 Å². The Labute approximate surface area is 193 Å². The summed E-state index contributed by atoms with van der Waals surface area (Å²) >= 11 is 5.91. The number of nitrogens with one attached hydrogen (secondary N) is 1. The number of benzene rings is 2. The van der Waals surface area contributed by atoms with Crippen LogP contribution in [0.1, 0.15) is 18.1 Å². The molecule has 0 aromatic heterocycles. The molecule has 10 heteroatoms. The average Bonchev–Trinajstić information content (AvgIpc) is 2.75. The lowest BCUT2D eigenvalue weighted by Gasteiger charge is -2.46. The quantitative estimate of drug-likeness (QED) is 0.655. The zero-order chi connectivity index (χ0) is 23.5. The minimum absolute atomic E-state index is 0.139. The van der Waals surface area contributed by atoms with Gasteiger partial charge in [-0.2, -0.15) is 4.31 Å². The van der Waals surface area contributed by atoms with Crippen molar-refractivity contribution < 1.29 is 22.7 Å². The first-order valence-electron chi connectivity index (χ1n) is 9.94. The average molecular weight is 480 g/mol. The fourth-order valence-electron chi connectivity index (χ4n) is 3.58. The smallest absolute Gasteiger partial charge is 0.247 e. The van der Waals surface area contributed by atoms with E-state index in [0.29, 0.717) is 10.8 Å². The van der Waals surface area contributed by atoms with Gasteiger partial charge in [-0.25, -0.2) is 8.42 Å². The van der Waals surface area contributed by atoms with Crippen LogP contribution >= 0.6 is 11.6 Å². The molecule has 3 rings (SSSR count). The Morgan fingerprint density at radius 3 is 2.28 bits per heavy atom. The maximum absolute atomic E-state index is 13.3. The first-order valence-corrected chi connectivity index (χ1v) is 12.2. The van der Waals surface area contributed by atoms with E-state index in [9.17, 15) is 18.0 Å². The molecule has 1 atom stereocenters. The molecule has 1 unspecified atom stereocenters. The molecule has 2 aromatic rings. The van der Waals surface area contributed by atoms with E-state index in [1.54, 1.807) is 62.6 Å². The van der Waals surface area contributed by atoms with Gasteiger partial charge in [0, 0.05) is 24.7 Å². The molecule has 8 nitrogen and oxygen atoms in total. The Morgan fingerprint density at radius 1 is 1.12 bits per heavy atom. The predicted octanol–water partition coefficient (Wildman–Crippen LogP) is 2.03. The molecular formula is C22H26ClN3O5S. The summed E-state index contributed by atoms with van der Waals surface area (Å²) in [5.74, 6) is -0.213. The number of rotatable bonds is 7. The molecule has 32 heavy (non-hydrogen) atoms. The molecule has 0 bridgehead atoms. The van der Waals surface area contributed by atoms with E-state index in [1.807, 2.05) is 0 Å². The van der Waals surface area contributed by atoms with Gasteiger partial charge in [-0.05, 0) is 42.3 Å². The molecule has 172 valence electrons. The topological polar surface area (TPSA) is 96.0 Å². The highest BCUT2D eigenvalue weighted by Crippen LogP contribution is 2.27. The molecular weight excluding hydrogens is 454 g/mol. The minimum atomic E-state index is -3.67. The van der Waals surface area contributed by atoms with Gasteiger partial charge < -0.3 is 15.0 Å². The van der Waals surface area contributed by atoms with E-state index >= 15 is 0 Å². The Kier molecular flexibility index (Phi) is 7.12. The van der Waals surface area contributed by atoms with Crippen molar-refractivity contribution in [2.24, 2.45) is 0 Å². The molecule has 1 fully saturated rings. The summed E-state index contributed by atoms with van der Waals surface area (Å²) in [6.07, 6.45) is 1.03. The summed E-state index contributed by atoms with van der Waals surface area (Å²) in [4.78, 5) is 27.8. The fraction of sp³-hybridized carbons (Fsp3) is 0.364. The van der Waals surface area contributed by atoms with E-state index in [2.05, 4.69) is 5.32 Å². The zero-order valence-electron chi connectivity index (χ0n) is 18.2. The lowest BCUT2D eigenvalue weighted by Crippen LogP contribution is -2.69. The third-order valence-electron chi connectivity index (χ3n) is 5.52. The molecule has 1 saturated heterocycles. The van der Waals surface area contributed by atoms with E-state index in [4.69, 9.17) is 16.3 Å². The van der Waals surface area contributed by atoms with Crippen LogP contribution in [-0.4, -0.2) is 61.4 Å². The number of amides is 2. The highest BCUT2D eigenvalue weighted by Gasteiger charge is 2.49. The summed E-state index contributed by atoms with van der Waals surface area (Å²) in [6, 6.07) is 14.2. The molecule has 1 aliphatic heterocycles. The van der Waals surface area contributed by atoms with Gasteiger partial charge in [-0.15, -0.1) is 0 Å². The van der Waals surface area contributed by atoms with Crippen molar-refractivity contribution in [1.82, 2.24) is 14.5 Å². The second-order valence-electron chi connectivity index (χ2n) is 7.94.